The minimum absolute atomic E-state index is 0.104. The predicted octanol–water partition coefficient (Wildman–Crippen LogP) is 4.21. The molecule has 2 heterocycles. The number of carbonyl (C=O) groups excluding carboxylic acids is 1. The number of hydrogen-bond acceptors (Lipinski definition) is 4. The van der Waals surface area contributed by atoms with Gasteiger partial charge >= 0.3 is 0 Å². The van der Waals surface area contributed by atoms with Crippen molar-refractivity contribution in [1.29, 1.82) is 0 Å². The second-order valence-electron chi connectivity index (χ2n) is 8.43. The first-order chi connectivity index (χ1) is 16.4. The third-order valence-corrected chi connectivity index (χ3v) is 6.24. The Morgan fingerprint density at radius 3 is 2.71 bits per heavy atom. The number of nitrogens with zero attached hydrogens (tertiary/aromatic N) is 2. The Balaban J connectivity index is 1.55. The molecule has 0 radical (unpaired) electrons. The lowest BCUT2D eigenvalue weighted by Crippen LogP contribution is -2.29. The Labute approximate surface area is 199 Å². The van der Waals surface area contributed by atoms with Gasteiger partial charge in [0.05, 0.1) is 11.6 Å². The Hall–Kier alpha value is -3.49. The molecule has 5 rings (SSSR count). The molecule has 0 spiro atoms. The number of amides is 1. The van der Waals surface area contributed by atoms with Crippen LogP contribution in [0.15, 0.2) is 59.5 Å². The third-order valence-electron chi connectivity index (χ3n) is 6.00. The van der Waals surface area contributed by atoms with Crippen LogP contribution in [0.3, 0.4) is 0 Å². The molecule has 2 aromatic carbocycles. The van der Waals surface area contributed by atoms with E-state index in [1.807, 2.05) is 0 Å². The van der Waals surface area contributed by atoms with Crippen molar-refractivity contribution < 1.29 is 14.3 Å². The maximum absolute atomic E-state index is 13.4. The standard InChI is InChI=1S/C25H22ClFN4O3/c26-17-3-1-2-16(12-17)23-29-25(34)22-21(15-4-5-15)19(13-31(22)30-23)24(33)28-20(10-11-32)14-6-8-18(27)9-7-14/h1-3,6-9,12-13,15,20,32H,4-5,10-11H2,(H,28,33)(H,29,30,34). The Bertz CT molecular complexity index is 1430. The summed E-state index contributed by atoms with van der Waals surface area (Å²) in [6.45, 7) is -0.153. The monoisotopic (exact) mass is 480 g/mol. The Morgan fingerprint density at radius 2 is 2.03 bits per heavy atom. The van der Waals surface area contributed by atoms with Gasteiger partial charge in [-0.25, -0.2) is 8.91 Å². The first kappa shape index (κ1) is 22.3. The molecule has 4 aromatic rings. The van der Waals surface area contributed by atoms with Gasteiger partial charge in [-0.2, -0.15) is 0 Å². The van der Waals surface area contributed by atoms with Crippen molar-refractivity contribution in [2.24, 2.45) is 0 Å². The number of benzene rings is 2. The van der Waals surface area contributed by atoms with Crippen molar-refractivity contribution >= 4 is 23.0 Å². The summed E-state index contributed by atoms with van der Waals surface area (Å²) in [6.07, 6.45) is 3.60. The number of aromatic nitrogens is 3. The minimum atomic E-state index is -0.513. The fraction of sp³-hybridized carbons (Fsp3) is 0.240. The molecule has 0 bridgehead atoms. The largest absolute Gasteiger partial charge is 0.396 e. The number of aromatic amines is 1. The molecule has 1 atom stereocenters. The molecule has 1 fully saturated rings. The van der Waals surface area contributed by atoms with Gasteiger partial charge in [0, 0.05) is 29.0 Å². The number of halogens is 2. The number of rotatable bonds is 7. The summed E-state index contributed by atoms with van der Waals surface area (Å²) in [4.78, 5) is 29.3. The molecule has 174 valence electrons. The molecule has 1 aliphatic carbocycles. The molecule has 1 unspecified atom stereocenters. The average molecular weight is 481 g/mol. The van der Waals surface area contributed by atoms with E-state index in [1.165, 1.54) is 16.6 Å². The fourth-order valence-corrected chi connectivity index (χ4v) is 4.42. The number of fused-ring (bicyclic) bond motifs is 1. The van der Waals surface area contributed by atoms with Crippen LogP contribution in [-0.4, -0.2) is 32.2 Å². The van der Waals surface area contributed by atoms with Crippen molar-refractivity contribution in [3.8, 4) is 11.4 Å². The van der Waals surface area contributed by atoms with Gasteiger partial charge in [-0.3, -0.25) is 9.59 Å². The quantitative estimate of drug-likeness (QED) is 0.369. The van der Waals surface area contributed by atoms with E-state index in [0.29, 0.717) is 38.6 Å². The lowest BCUT2D eigenvalue weighted by atomic mass is 10.0. The van der Waals surface area contributed by atoms with Crippen molar-refractivity contribution in [2.75, 3.05) is 6.61 Å². The van der Waals surface area contributed by atoms with Crippen LogP contribution in [0.5, 0.6) is 0 Å². The summed E-state index contributed by atoms with van der Waals surface area (Å²) in [6, 6.07) is 12.3. The molecule has 9 heteroatoms. The first-order valence-electron chi connectivity index (χ1n) is 11.0. The maximum Gasteiger partial charge on any atom is 0.275 e. The predicted molar refractivity (Wildman–Crippen MR) is 127 cm³/mol. The van der Waals surface area contributed by atoms with Gasteiger partial charge in [0.2, 0.25) is 0 Å². The number of hydrogen-bond donors (Lipinski definition) is 3. The van der Waals surface area contributed by atoms with E-state index >= 15 is 0 Å². The highest BCUT2D eigenvalue weighted by molar-refractivity contribution is 6.30. The van der Waals surface area contributed by atoms with Crippen molar-refractivity contribution in [3.63, 3.8) is 0 Å². The topological polar surface area (TPSA) is 99.5 Å². The van der Waals surface area contributed by atoms with Crippen LogP contribution in [0.25, 0.3) is 16.9 Å². The molecule has 34 heavy (non-hydrogen) atoms. The summed E-state index contributed by atoms with van der Waals surface area (Å²) in [5, 5.41) is 17.5. The average Bonchev–Trinajstić information content (AvgIpc) is 3.58. The molecule has 1 amide bonds. The van der Waals surface area contributed by atoms with E-state index in [2.05, 4.69) is 15.4 Å². The van der Waals surface area contributed by atoms with Crippen LogP contribution in [0, 0.1) is 5.82 Å². The number of H-pyrrole nitrogens is 1. The van der Waals surface area contributed by atoms with Crippen LogP contribution >= 0.6 is 11.6 Å². The third kappa shape index (κ3) is 4.34. The number of aliphatic hydroxyl groups is 1. The maximum atomic E-state index is 13.4. The van der Waals surface area contributed by atoms with Crippen LogP contribution in [0.1, 0.15) is 52.7 Å². The lowest BCUT2D eigenvalue weighted by Gasteiger charge is -2.18. The second-order valence-corrected chi connectivity index (χ2v) is 8.86. The SMILES string of the molecule is O=C(NC(CCO)c1ccc(F)cc1)c1cn2nc(-c3cccc(Cl)c3)[nH]c(=O)c2c1C1CC1. The van der Waals surface area contributed by atoms with Gasteiger partial charge in [-0.05, 0) is 55.0 Å². The smallest absolute Gasteiger partial charge is 0.275 e. The van der Waals surface area contributed by atoms with Crippen molar-refractivity contribution in [2.45, 2.75) is 31.2 Å². The zero-order valence-electron chi connectivity index (χ0n) is 18.1. The Kier molecular flexibility index (Phi) is 5.93. The van der Waals surface area contributed by atoms with Gasteiger partial charge in [-0.1, -0.05) is 35.9 Å². The Morgan fingerprint density at radius 1 is 1.26 bits per heavy atom. The summed E-state index contributed by atoms with van der Waals surface area (Å²) < 4.78 is 14.8. The number of aliphatic hydroxyl groups excluding tert-OH is 1. The molecular weight excluding hydrogens is 459 g/mol. The van der Waals surface area contributed by atoms with E-state index in [-0.39, 0.29) is 36.2 Å². The normalized spacial score (nSPS) is 14.3. The lowest BCUT2D eigenvalue weighted by molar-refractivity contribution is 0.0929. The summed E-state index contributed by atoms with van der Waals surface area (Å²) in [7, 11) is 0. The minimum Gasteiger partial charge on any atom is -0.396 e. The van der Waals surface area contributed by atoms with Crippen LogP contribution < -0.4 is 10.9 Å². The molecular formula is C25H22ClFN4O3. The van der Waals surface area contributed by atoms with Crippen LogP contribution in [0.2, 0.25) is 5.02 Å². The van der Waals surface area contributed by atoms with Gasteiger partial charge in [-0.15, -0.1) is 5.10 Å². The number of carbonyl (C=O) groups is 1. The summed E-state index contributed by atoms with van der Waals surface area (Å²) in [5.41, 5.74) is 2.38. The molecule has 1 aliphatic rings. The fourth-order valence-electron chi connectivity index (χ4n) is 4.23. The van der Waals surface area contributed by atoms with Crippen molar-refractivity contribution in [1.82, 2.24) is 19.9 Å². The first-order valence-corrected chi connectivity index (χ1v) is 11.4. The number of nitrogens with one attached hydrogen (secondary N) is 2. The molecule has 0 aliphatic heterocycles. The van der Waals surface area contributed by atoms with E-state index in [0.717, 1.165) is 12.8 Å². The van der Waals surface area contributed by atoms with E-state index in [1.54, 1.807) is 42.6 Å². The molecule has 2 aromatic heterocycles. The zero-order chi connectivity index (χ0) is 23.8. The van der Waals surface area contributed by atoms with Crippen LogP contribution in [-0.2, 0) is 0 Å². The summed E-state index contributed by atoms with van der Waals surface area (Å²) >= 11 is 6.09. The van der Waals surface area contributed by atoms with Gasteiger partial charge in [0.25, 0.3) is 11.5 Å². The molecule has 7 nitrogen and oxygen atoms in total. The molecule has 0 saturated heterocycles. The van der Waals surface area contributed by atoms with Gasteiger partial charge in [0.1, 0.15) is 11.3 Å². The van der Waals surface area contributed by atoms with Gasteiger partial charge in [0.15, 0.2) is 5.82 Å². The molecule has 3 N–H and O–H groups in total. The van der Waals surface area contributed by atoms with Crippen molar-refractivity contribution in [3.05, 3.63) is 92.6 Å². The van der Waals surface area contributed by atoms with Crippen LogP contribution in [0.4, 0.5) is 4.39 Å². The van der Waals surface area contributed by atoms with E-state index < -0.39 is 6.04 Å². The summed E-state index contributed by atoms with van der Waals surface area (Å²) in [5.74, 6) is -0.311. The van der Waals surface area contributed by atoms with E-state index in [4.69, 9.17) is 11.6 Å². The van der Waals surface area contributed by atoms with E-state index in [9.17, 15) is 19.1 Å². The zero-order valence-corrected chi connectivity index (χ0v) is 18.8. The van der Waals surface area contributed by atoms with Gasteiger partial charge < -0.3 is 15.4 Å². The highest BCUT2D eigenvalue weighted by Gasteiger charge is 2.34. The highest BCUT2D eigenvalue weighted by atomic mass is 35.5. The highest BCUT2D eigenvalue weighted by Crippen LogP contribution is 2.43. The molecule has 1 saturated carbocycles. The second kappa shape index (κ2) is 9.04.